The van der Waals surface area contributed by atoms with Crippen LogP contribution in [0.25, 0.3) is 10.3 Å². The second kappa shape index (κ2) is 2.59. The standard InChI is InChI=1S/C6H2Cl2N2S/c7-4-2-1-3-5(9-4)10-6(8)11-3/h1-2H. The fourth-order valence-electron chi connectivity index (χ4n) is 0.769. The van der Waals surface area contributed by atoms with Gasteiger partial charge in [0.05, 0.1) is 4.70 Å². The number of thiazole rings is 1. The van der Waals surface area contributed by atoms with E-state index in [1.54, 1.807) is 6.07 Å². The minimum Gasteiger partial charge on any atom is -0.215 e. The van der Waals surface area contributed by atoms with Crippen LogP contribution in [0.5, 0.6) is 0 Å². The van der Waals surface area contributed by atoms with Crippen LogP contribution in [0, 0.1) is 0 Å². The predicted molar refractivity (Wildman–Crippen MR) is 47.4 cm³/mol. The van der Waals surface area contributed by atoms with Crippen LogP contribution < -0.4 is 0 Å². The molecule has 2 heterocycles. The second-order valence-electron chi connectivity index (χ2n) is 1.92. The van der Waals surface area contributed by atoms with Gasteiger partial charge in [0, 0.05) is 0 Å². The van der Waals surface area contributed by atoms with Crippen LogP contribution in [0.2, 0.25) is 9.62 Å². The molecular formula is C6H2Cl2N2S. The lowest BCUT2D eigenvalue weighted by atomic mass is 10.5. The molecule has 11 heavy (non-hydrogen) atoms. The van der Waals surface area contributed by atoms with Gasteiger partial charge in [0.25, 0.3) is 0 Å². The molecule has 0 aliphatic carbocycles. The highest BCUT2D eigenvalue weighted by molar-refractivity contribution is 7.22. The first kappa shape index (κ1) is 7.28. The number of fused-ring (bicyclic) bond motifs is 1. The van der Waals surface area contributed by atoms with Crippen molar-refractivity contribution < 1.29 is 0 Å². The molecule has 0 radical (unpaired) electrons. The molecule has 2 nitrogen and oxygen atoms in total. The lowest BCUT2D eigenvalue weighted by molar-refractivity contribution is 1.33. The SMILES string of the molecule is Clc1ccc2sc(Cl)nc2n1. The number of aromatic nitrogens is 2. The van der Waals surface area contributed by atoms with Crippen molar-refractivity contribution in [3.8, 4) is 0 Å². The number of nitrogens with zero attached hydrogens (tertiary/aromatic N) is 2. The van der Waals surface area contributed by atoms with E-state index in [1.165, 1.54) is 11.3 Å². The van der Waals surface area contributed by atoms with Crippen LogP contribution in [0.1, 0.15) is 0 Å². The number of hydrogen-bond acceptors (Lipinski definition) is 3. The van der Waals surface area contributed by atoms with Gasteiger partial charge in [0.15, 0.2) is 10.1 Å². The van der Waals surface area contributed by atoms with Crippen molar-refractivity contribution >= 4 is 44.9 Å². The molecule has 0 aliphatic rings. The Balaban J connectivity index is 2.82. The molecule has 2 aromatic heterocycles. The van der Waals surface area contributed by atoms with Gasteiger partial charge in [0.1, 0.15) is 5.15 Å². The number of hydrogen-bond donors (Lipinski definition) is 0. The van der Waals surface area contributed by atoms with Crippen molar-refractivity contribution in [1.29, 1.82) is 0 Å². The van der Waals surface area contributed by atoms with E-state index in [9.17, 15) is 0 Å². The third-order valence-corrected chi connectivity index (χ3v) is 2.52. The summed E-state index contributed by atoms with van der Waals surface area (Å²) in [6.45, 7) is 0. The topological polar surface area (TPSA) is 25.8 Å². The van der Waals surface area contributed by atoms with E-state index < -0.39 is 0 Å². The van der Waals surface area contributed by atoms with Crippen LogP contribution in [0.3, 0.4) is 0 Å². The molecule has 56 valence electrons. The van der Waals surface area contributed by atoms with Crippen molar-refractivity contribution in [3.05, 3.63) is 21.8 Å². The van der Waals surface area contributed by atoms with E-state index in [0.29, 0.717) is 15.3 Å². The van der Waals surface area contributed by atoms with Crippen LogP contribution in [-0.2, 0) is 0 Å². The van der Waals surface area contributed by atoms with Crippen LogP contribution >= 0.6 is 34.5 Å². The summed E-state index contributed by atoms with van der Waals surface area (Å²) in [5.41, 5.74) is 0.618. The van der Waals surface area contributed by atoms with Gasteiger partial charge in [-0.25, -0.2) is 9.97 Å². The normalized spacial score (nSPS) is 10.7. The molecule has 0 fully saturated rings. The quantitative estimate of drug-likeness (QED) is 0.617. The molecule has 0 aromatic carbocycles. The summed E-state index contributed by atoms with van der Waals surface area (Å²) in [6.07, 6.45) is 0. The molecule has 0 bridgehead atoms. The molecule has 0 aliphatic heterocycles. The molecule has 2 aromatic rings. The first-order chi connectivity index (χ1) is 5.25. The second-order valence-corrected chi connectivity index (χ2v) is 3.92. The van der Waals surface area contributed by atoms with E-state index in [0.717, 1.165) is 4.70 Å². The number of halogens is 2. The average molecular weight is 205 g/mol. The Morgan fingerprint density at radius 2 is 2.00 bits per heavy atom. The fourth-order valence-corrected chi connectivity index (χ4v) is 1.87. The van der Waals surface area contributed by atoms with Gasteiger partial charge in [-0.1, -0.05) is 23.2 Å². The van der Waals surface area contributed by atoms with Crippen molar-refractivity contribution in [1.82, 2.24) is 9.97 Å². The van der Waals surface area contributed by atoms with Gasteiger partial charge in [-0.05, 0) is 12.1 Å². The van der Waals surface area contributed by atoms with Crippen molar-refractivity contribution in [3.63, 3.8) is 0 Å². The maximum atomic E-state index is 5.66. The van der Waals surface area contributed by atoms with Crippen LogP contribution in [0.15, 0.2) is 12.1 Å². The van der Waals surface area contributed by atoms with E-state index in [-0.39, 0.29) is 0 Å². The molecule has 2 rings (SSSR count). The smallest absolute Gasteiger partial charge is 0.186 e. The third-order valence-electron chi connectivity index (χ3n) is 1.19. The minimum absolute atomic E-state index is 0.444. The Morgan fingerprint density at radius 3 is 2.82 bits per heavy atom. The fraction of sp³-hybridized carbons (Fsp3) is 0. The van der Waals surface area contributed by atoms with Gasteiger partial charge in [-0.3, -0.25) is 0 Å². The van der Waals surface area contributed by atoms with Crippen LogP contribution in [-0.4, -0.2) is 9.97 Å². The molecule has 0 amide bonds. The lowest BCUT2D eigenvalue weighted by Gasteiger charge is -1.85. The summed E-state index contributed by atoms with van der Waals surface area (Å²) in [5.74, 6) is 0. The van der Waals surface area contributed by atoms with Gasteiger partial charge in [-0.15, -0.1) is 11.3 Å². The van der Waals surface area contributed by atoms with E-state index in [2.05, 4.69) is 9.97 Å². The zero-order valence-corrected chi connectivity index (χ0v) is 7.54. The summed E-state index contributed by atoms with van der Waals surface area (Å²) < 4.78 is 1.45. The number of pyridine rings is 1. The molecule has 0 unspecified atom stereocenters. The summed E-state index contributed by atoms with van der Waals surface area (Å²) in [4.78, 5) is 7.94. The Hall–Kier alpha value is -0.380. The summed E-state index contributed by atoms with van der Waals surface area (Å²) in [7, 11) is 0. The molecule has 0 saturated heterocycles. The summed E-state index contributed by atoms with van der Waals surface area (Å²) >= 11 is 12.7. The highest BCUT2D eigenvalue weighted by Crippen LogP contribution is 2.24. The van der Waals surface area contributed by atoms with E-state index >= 15 is 0 Å². The number of rotatable bonds is 0. The molecule has 0 N–H and O–H groups in total. The Labute approximate surface area is 76.8 Å². The van der Waals surface area contributed by atoms with E-state index in [1.807, 2.05) is 6.07 Å². The Kier molecular flexibility index (Phi) is 1.71. The molecule has 0 atom stereocenters. The van der Waals surface area contributed by atoms with Gasteiger partial charge < -0.3 is 0 Å². The minimum atomic E-state index is 0.444. The van der Waals surface area contributed by atoms with Crippen molar-refractivity contribution in [2.75, 3.05) is 0 Å². The highest BCUT2D eigenvalue weighted by atomic mass is 35.5. The first-order valence-electron chi connectivity index (χ1n) is 2.84. The average Bonchev–Trinajstić information content (AvgIpc) is 2.27. The molecule has 0 saturated carbocycles. The predicted octanol–water partition coefficient (Wildman–Crippen LogP) is 3.00. The highest BCUT2D eigenvalue weighted by Gasteiger charge is 2.01. The van der Waals surface area contributed by atoms with Crippen molar-refractivity contribution in [2.45, 2.75) is 0 Å². The maximum absolute atomic E-state index is 5.66. The Morgan fingerprint density at radius 1 is 1.18 bits per heavy atom. The third kappa shape index (κ3) is 1.31. The monoisotopic (exact) mass is 204 g/mol. The lowest BCUT2D eigenvalue weighted by Crippen LogP contribution is -1.74. The van der Waals surface area contributed by atoms with Crippen LogP contribution in [0.4, 0.5) is 0 Å². The van der Waals surface area contributed by atoms with Gasteiger partial charge in [-0.2, -0.15) is 0 Å². The van der Waals surface area contributed by atoms with Crippen molar-refractivity contribution in [2.24, 2.45) is 0 Å². The maximum Gasteiger partial charge on any atom is 0.186 e. The van der Waals surface area contributed by atoms with Gasteiger partial charge in [0.2, 0.25) is 0 Å². The molecule has 5 heteroatoms. The molecular weight excluding hydrogens is 203 g/mol. The zero-order valence-electron chi connectivity index (χ0n) is 5.21. The zero-order chi connectivity index (χ0) is 7.84. The Bertz CT molecular complexity index is 398. The van der Waals surface area contributed by atoms with Gasteiger partial charge >= 0.3 is 0 Å². The molecule has 0 spiro atoms. The largest absolute Gasteiger partial charge is 0.215 e. The summed E-state index contributed by atoms with van der Waals surface area (Å²) in [6, 6.07) is 3.58. The first-order valence-corrected chi connectivity index (χ1v) is 4.41. The summed E-state index contributed by atoms with van der Waals surface area (Å²) in [5, 5.41) is 0.444. The van der Waals surface area contributed by atoms with E-state index in [4.69, 9.17) is 23.2 Å².